The lowest BCUT2D eigenvalue weighted by atomic mass is 9.98. The van der Waals surface area contributed by atoms with E-state index in [-0.39, 0.29) is 5.92 Å². The SMILES string of the molecule is [3H]C1C=CC(C)C([3H])C1[3H]. The molecular formula is C7H12. The molecule has 0 spiro atoms. The summed E-state index contributed by atoms with van der Waals surface area (Å²) in [6.45, 7) is 1.92. The van der Waals surface area contributed by atoms with Crippen molar-refractivity contribution in [3.05, 3.63) is 12.2 Å². The van der Waals surface area contributed by atoms with Crippen molar-refractivity contribution in [3.8, 4) is 0 Å². The molecule has 4 unspecified atom stereocenters. The van der Waals surface area contributed by atoms with E-state index in [0.717, 1.165) is 0 Å². The Kier molecular flexibility index (Phi) is 0.720. The van der Waals surface area contributed by atoms with Crippen molar-refractivity contribution >= 4 is 0 Å². The second-order valence-corrected chi connectivity index (χ2v) is 1.82. The highest BCUT2D eigenvalue weighted by Crippen LogP contribution is 2.14. The van der Waals surface area contributed by atoms with Crippen LogP contribution in [0.4, 0.5) is 0 Å². The van der Waals surface area contributed by atoms with Gasteiger partial charge < -0.3 is 0 Å². The Hall–Kier alpha value is -0.260. The average molecular weight is 102 g/mol. The van der Waals surface area contributed by atoms with Crippen molar-refractivity contribution in [1.82, 2.24) is 0 Å². The summed E-state index contributed by atoms with van der Waals surface area (Å²) in [5, 5.41) is 0. The van der Waals surface area contributed by atoms with E-state index >= 15 is 0 Å². The predicted molar refractivity (Wildman–Crippen MR) is 32.2 cm³/mol. The molecule has 0 N–H and O–H groups in total. The summed E-state index contributed by atoms with van der Waals surface area (Å²) < 4.78 is 22.1. The number of rotatable bonds is 0. The van der Waals surface area contributed by atoms with Crippen molar-refractivity contribution in [3.63, 3.8) is 0 Å². The fourth-order valence-corrected chi connectivity index (χ4v) is 0.607. The molecule has 0 aromatic carbocycles. The Balaban J connectivity index is 2.69. The first-order valence-corrected chi connectivity index (χ1v) is 2.58. The zero-order valence-electron chi connectivity index (χ0n) is 7.46. The van der Waals surface area contributed by atoms with E-state index in [9.17, 15) is 0 Å². The molecule has 1 rings (SSSR count). The smallest absolute Gasteiger partial charge is 0.0310 e. The second-order valence-electron chi connectivity index (χ2n) is 1.82. The zero-order chi connectivity index (χ0) is 7.72. The highest BCUT2D eigenvalue weighted by Gasteiger charge is 1.98. The van der Waals surface area contributed by atoms with Crippen molar-refractivity contribution in [2.75, 3.05) is 0 Å². The lowest BCUT2D eigenvalue weighted by Gasteiger charge is -2.08. The molecule has 4 atom stereocenters. The van der Waals surface area contributed by atoms with Gasteiger partial charge in [-0.1, -0.05) is 19.1 Å². The van der Waals surface area contributed by atoms with Gasteiger partial charge in [-0.15, -0.1) is 0 Å². The molecule has 7 heavy (non-hydrogen) atoms. The van der Waals surface area contributed by atoms with Crippen molar-refractivity contribution in [1.29, 1.82) is 0 Å². The third-order valence-electron chi connectivity index (χ3n) is 1.05. The normalized spacial score (nSPS) is 68.4. The Morgan fingerprint density at radius 3 is 3.43 bits per heavy atom. The van der Waals surface area contributed by atoms with Crippen molar-refractivity contribution in [2.24, 2.45) is 5.92 Å². The summed E-state index contributed by atoms with van der Waals surface area (Å²) in [7, 11) is 0. The maximum absolute atomic E-state index is 7.46. The first-order chi connectivity index (χ1) is 4.63. The summed E-state index contributed by atoms with van der Waals surface area (Å²) in [6.07, 6.45) is 2.12. The van der Waals surface area contributed by atoms with Gasteiger partial charge in [-0.2, -0.15) is 0 Å². The van der Waals surface area contributed by atoms with Gasteiger partial charge in [-0.25, -0.2) is 0 Å². The molecule has 1 aliphatic carbocycles. The van der Waals surface area contributed by atoms with Gasteiger partial charge in [0.25, 0.3) is 0 Å². The molecule has 0 radical (unpaired) electrons. The average Bonchev–Trinajstić information content (AvgIpc) is 1.93. The summed E-state index contributed by atoms with van der Waals surface area (Å²) >= 11 is 0. The van der Waals surface area contributed by atoms with Gasteiger partial charge in [0.15, 0.2) is 0 Å². The van der Waals surface area contributed by atoms with Gasteiger partial charge in [0, 0.05) is 4.11 Å². The molecule has 0 saturated carbocycles. The van der Waals surface area contributed by atoms with Crippen LogP contribution in [0, 0.1) is 5.92 Å². The van der Waals surface area contributed by atoms with E-state index in [2.05, 4.69) is 0 Å². The number of allylic oxidation sites excluding steroid dienone is 2. The third-order valence-corrected chi connectivity index (χ3v) is 1.05. The minimum absolute atomic E-state index is 0.143. The Bertz CT molecular complexity index is 128. The van der Waals surface area contributed by atoms with E-state index in [4.69, 9.17) is 4.11 Å². The third kappa shape index (κ3) is 1.34. The van der Waals surface area contributed by atoms with Gasteiger partial charge in [-0.05, 0) is 25.1 Å². The molecule has 0 heteroatoms. The van der Waals surface area contributed by atoms with Gasteiger partial charge in [0.2, 0.25) is 0 Å². The van der Waals surface area contributed by atoms with Crippen LogP contribution >= 0.6 is 0 Å². The predicted octanol–water partition coefficient (Wildman–Crippen LogP) is 2.36. The van der Waals surface area contributed by atoms with Crippen LogP contribution in [-0.2, 0) is 0 Å². The van der Waals surface area contributed by atoms with E-state index < -0.39 is 19.2 Å². The minimum Gasteiger partial charge on any atom is -0.0883 e. The molecule has 0 fully saturated rings. The van der Waals surface area contributed by atoms with Crippen LogP contribution in [0.3, 0.4) is 0 Å². The number of hydrogen-bond donors (Lipinski definition) is 0. The van der Waals surface area contributed by atoms with Crippen LogP contribution in [-0.4, -0.2) is 0 Å². The van der Waals surface area contributed by atoms with Crippen molar-refractivity contribution < 1.29 is 4.11 Å². The molecule has 0 amide bonds. The van der Waals surface area contributed by atoms with E-state index in [1.807, 2.05) is 13.0 Å². The monoisotopic (exact) mass is 102 g/mol. The molecule has 1 aliphatic rings. The standard InChI is InChI=1S/C7H12/c1-7-5-3-2-4-6-7/h3,5,7H,2,4,6H2,1H3/i2T,4T,6T. The quantitative estimate of drug-likeness (QED) is 0.412. The van der Waals surface area contributed by atoms with E-state index in [1.165, 1.54) is 0 Å². The van der Waals surface area contributed by atoms with Gasteiger partial charge in [0.05, 0.1) is 0 Å². The largest absolute Gasteiger partial charge is 0.0883 e. The molecule has 0 aromatic heterocycles. The topological polar surface area (TPSA) is 0 Å². The Labute approximate surface area is 49.4 Å². The van der Waals surface area contributed by atoms with Crippen LogP contribution in [0.15, 0.2) is 12.2 Å². The first-order valence-electron chi connectivity index (χ1n) is 4.31. The molecule has 0 bridgehead atoms. The lowest BCUT2D eigenvalue weighted by Crippen LogP contribution is -1.92. The molecule has 40 valence electrons. The number of hydrogen-bond acceptors (Lipinski definition) is 0. The summed E-state index contributed by atoms with van der Waals surface area (Å²) in [6, 6.07) is 0. The molecule has 0 aromatic rings. The minimum atomic E-state index is -0.556. The van der Waals surface area contributed by atoms with Crippen molar-refractivity contribution in [2.45, 2.75) is 26.1 Å². The summed E-state index contributed by atoms with van der Waals surface area (Å²) in [5.41, 5.74) is 0. The second kappa shape index (κ2) is 2.15. The van der Waals surface area contributed by atoms with Crippen LogP contribution < -0.4 is 0 Å². The summed E-state index contributed by atoms with van der Waals surface area (Å²) in [5.74, 6) is 0.143. The molecular weight excluding hydrogens is 84.1 g/mol. The fourth-order valence-electron chi connectivity index (χ4n) is 0.607. The van der Waals surface area contributed by atoms with Crippen LogP contribution in [0.1, 0.15) is 30.2 Å². The Morgan fingerprint density at radius 1 is 1.86 bits per heavy atom. The van der Waals surface area contributed by atoms with Crippen LogP contribution in [0.25, 0.3) is 0 Å². The van der Waals surface area contributed by atoms with Crippen LogP contribution in [0.2, 0.25) is 0 Å². The zero-order valence-corrected chi connectivity index (χ0v) is 4.46. The maximum atomic E-state index is 7.46. The highest BCUT2D eigenvalue weighted by molar-refractivity contribution is 4.90. The molecule has 0 saturated heterocycles. The van der Waals surface area contributed by atoms with Gasteiger partial charge in [-0.3, -0.25) is 0 Å². The van der Waals surface area contributed by atoms with Gasteiger partial charge >= 0.3 is 0 Å². The van der Waals surface area contributed by atoms with E-state index in [1.54, 1.807) is 6.08 Å². The highest BCUT2D eigenvalue weighted by atomic mass is 14.0. The molecule has 0 aliphatic heterocycles. The molecule has 0 heterocycles. The lowest BCUT2D eigenvalue weighted by molar-refractivity contribution is 0.584. The summed E-state index contributed by atoms with van der Waals surface area (Å²) in [4.78, 5) is 0. The first kappa shape index (κ1) is 2.34. The fraction of sp³-hybridized carbons (Fsp3) is 0.714. The molecule has 0 nitrogen and oxygen atoms in total. The Morgan fingerprint density at radius 2 is 2.71 bits per heavy atom. The van der Waals surface area contributed by atoms with Gasteiger partial charge in [0.1, 0.15) is 0 Å². The van der Waals surface area contributed by atoms with E-state index in [0.29, 0.717) is 0 Å². The maximum Gasteiger partial charge on any atom is 0.0310 e. The van der Waals surface area contributed by atoms with Crippen LogP contribution in [0.5, 0.6) is 0 Å².